The summed E-state index contributed by atoms with van der Waals surface area (Å²) in [6, 6.07) is 6.75. The summed E-state index contributed by atoms with van der Waals surface area (Å²) in [4.78, 5) is 23.8. The van der Waals surface area contributed by atoms with Crippen LogP contribution >= 0.6 is 0 Å². The number of carbonyl (C=O) groups is 2. The Hall–Kier alpha value is -2.12. The first-order valence-electron chi connectivity index (χ1n) is 8.00. The number of amides is 1. The molecular weight excluding hydrogens is 326 g/mol. The van der Waals surface area contributed by atoms with Gasteiger partial charge in [-0.05, 0) is 38.5 Å². The van der Waals surface area contributed by atoms with E-state index in [9.17, 15) is 14.7 Å². The van der Waals surface area contributed by atoms with E-state index in [0.29, 0.717) is 11.3 Å². The Bertz CT molecular complexity index is 652. The van der Waals surface area contributed by atoms with Crippen LogP contribution in [0, 0.1) is 0 Å². The van der Waals surface area contributed by atoms with Crippen molar-refractivity contribution in [2.45, 2.75) is 50.4 Å². The topological polar surface area (TPSA) is 94.1 Å². The highest BCUT2D eigenvalue weighted by atomic mass is 16.7. The van der Waals surface area contributed by atoms with Gasteiger partial charge in [-0.3, -0.25) is 10.1 Å². The van der Waals surface area contributed by atoms with E-state index >= 15 is 0 Å². The highest BCUT2D eigenvalue weighted by Crippen LogP contribution is 2.53. The van der Waals surface area contributed by atoms with Crippen LogP contribution in [0.3, 0.4) is 0 Å². The molecule has 2 rings (SSSR count). The van der Waals surface area contributed by atoms with Crippen LogP contribution in [-0.4, -0.2) is 42.8 Å². The number of anilines is 1. The van der Waals surface area contributed by atoms with E-state index in [1.54, 1.807) is 45.0 Å². The number of carboxylic acids is 1. The number of rotatable bonds is 5. The molecule has 1 fully saturated rings. The molecule has 0 atom stereocenters. The minimum Gasteiger partial charge on any atom is -0.481 e. The van der Waals surface area contributed by atoms with E-state index in [1.807, 2.05) is 0 Å². The number of aliphatic carboxylic acids is 1. The van der Waals surface area contributed by atoms with Crippen LogP contribution in [0.25, 0.3) is 0 Å². The van der Waals surface area contributed by atoms with Crippen molar-refractivity contribution in [2.24, 2.45) is 0 Å². The molecule has 7 heteroatoms. The van der Waals surface area contributed by atoms with Gasteiger partial charge in [-0.15, -0.1) is 0 Å². The Morgan fingerprint density at radius 1 is 1.16 bits per heavy atom. The summed E-state index contributed by atoms with van der Waals surface area (Å²) < 4.78 is 15.9. The zero-order valence-corrected chi connectivity index (χ0v) is 15.2. The summed E-state index contributed by atoms with van der Waals surface area (Å²) >= 11 is 0. The number of carboxylic acid groups (broad SMARTS) is 1. The fourth-order valence-corrected chi connectivity index (χ4v) is 3.03. The predicted octanol–water partition coefficient (Wildman–Crippen LogP) is 3.14. The van der Waals surface area contributed by atoms with Gasteiger partial charge in [0, 0.05) is 32.7 Å². The highest BCUT2D eigenvalue weighted by molar-refractivity contribution is 5.87. The van der Waals surface area contributed by atoms with Crippen LogP contribution in [0.15, 0.2) is 24.3 Å². The second kappa shape index (κ2) is 6.65. The molecular formula is C18H25NO6. The molecule has 0 aliphatic heterocycles. The molecule has 0 radical (unpaired) electrons. The Kier molecular flexibility index (Phi) is 5.11. The van der Waals surface area contributed by atoms with Crippen LogP contribution < -0.4 is 5.32 Å². The molecule has 2 N–H and O–H groups in total. The average molecular weight is 351 g/mol. The van der Waals surface area contributed by atoms with Gasteiger partial charge in [-0.25, -0.2) is 4.79 Å². The molecule has 1 saturated carbocycles. The minimum atomic E-state index is -1.11. The summed E-state index contributed by atoms with van der Waals surface area (Å²) in [5.41, 5.74) is -0.676. The van der Waals surface area contributed by atoms with Gasteiger partial charge in [0.2, 0.25) is 0 Å². The first-order chi connectivity index (χ1) is 11.6. The van der Waals surface area contributed by atoms with Crippen molar-refractivity contribution in [1.29, 1.82) is 0 Å². The number of benzene rings is 1. The third-order valence-corrected chi connectivity index (χ3v) is 4.36. The third kappa shape index (κ3) is 3.93. The number of nitrogens with one attached hydrogen (secondary N) is 1. The molecule has 1 aromatic rings. The van der Waals surface area contributed by atoms with Crippen LogP contribution in [0.5, 0.6) is 0 Å². The molecule has 0 saturated heterocycles. The molecule has 138 valence electrons. The van der Waals surface area contributed by atoms with E-state index in [2.05, 4.69) is 5.32 Å². The maximum Gasteiger partial charge on any atom is 0.412 e. The summed E-state index contributed by atoms with van der Waals surface area (Å²) in [7, 11) is 2.99. The first kappa shape index (κ1) is 19.2. The van der Waals surface area contributed by atoms with E-state index in [0.717, 1.165) is 0 Å². The van der Waals surface area contributed by atoms with Crippen LogP contribution in [0.2, 0.25) is 0 Å². The van der Waals surface area contributed by atoms with Crippen molar-refractivity contribution >= 4 is 17.7 Å². The lowest BCUT2D eigenvalue weighted by atomic mass is 9.60. The number of hydrogen-bond donors (Lipinski definition) is 2. The number of methoxy groups -OCH3 is 2. The van der Waals surface area contributed by atoms with Crippen molar-refractivity contribution < 1.29 is 28.9 Å². The smallest absolute Gasteiger partial charge is 0.412 e. The SMILES string of the molecule is COC1(OC)CC(C(=O)O)(c2cccc(NC(=O)OC(C)(C)C)c2)C1. The van der Waals surface area contributed by atoms with E-state index < -0.39 is 28.9 Å². The Morgan fingerprint density at radius 3 is 2.24 bits per heavy atom. The minimum absolute atomic E-state index is 0.193. The zero-order chi connectivity index (χ0) is 18.9. The normalized spacial score (nSPS) is 18.1. The van der Waals surface area contributed by atoms with Crippen molar-refractivity contribution in [3.8, 4) is 0 Å². The second-order valence-corrected chi connectivity index (χ2v) is 7.27. The van der Waals surface area contributed by atoms with Crippen LogP contribution in [-0.2, 0) is 24.4 Å². The molecule has 1 aliphatic carbocycles. The molecule has 0 heterocycles. The monoisotopic (exact) mass is 351 g/mol. The summed E-state index contributed by atoms with van der Waals surface area (Å²) in [6.45, 7) is 5.31. The molecule has 1 amide bonds. The van der Waals surface area contributed by atoms with Crippen molar-refractivity contribution in [3.05, 3.63) is 29.8 Å². The molecule has 7 nitrogen and oxygen atoms in total. The maximum atomic E-state index is 11.9. The van der Waals surface area contributed by atoms with E-state index in [4.69, 9.17) is 14.2 Å². The molecule has 0 spiro atoms. The van der Waals surface area contributed by atoms with Crippen molar-refractivity contribution in [3.63, 3.8) is 0 Å². The number of hydrogen-bond acceptors (Lipinski definition) is 5. The largest absolute Gasteiger partial charge is 0.481 e. The van der Waals surface area contributed by atoms with Gasteiger partial charge in [0.05, 0.1) is 0 Å². The zero-order valence-electron chi connectivity index (χ0n) is 15.2. The second-order valence-electron chi connectivity index (χ2n) is 7.27. The predicted molar refractivity (Wildman–Crippen MR) is 91.6 cm³/mol. The Balaban J connectivity index is 2.22. The number of ether oxygens (including phenoxy) is 3. The van der Waals surface area contributed by atoms with Crippen molar-refractivity contribution in [2.75, 3.05) is 19.5 Å². The van der Waals surface area contributed by atoms with Crippen LogP contribution in [0.1, 0.15) is 39.2 Å². The van der Waals surface area contributed by atoms with Crippen molar-refractivity contribution in [1.82, 2.24) is 0 Å². The highest BCUT2D eigenvalue weighted by Gasteiger charge is 2.61. The fraction of sp³-hybridized carbons (Fsp3) is 0.556. The standard InChI is InChI=1S/C18H25NO6/c1-16(2,3)25-15(22)19-13-8-6-7-12(9-13)17(14(20)21)10-18(11-17,23-4)24-5/h6-9H,10-11H2,1-5H3,(H,19,22)(H,20,21). The molecule has 1 aliphatic rings. The van der Waals surface area contributed by atoms with Gasteiger partial charge in [0.25, 0.3) is 0 Å². The fourth-order valence-electron chi connectivity index (χ4n) is 3.03. The average Bonchev–Trinajstić information content (AvgIpc) is 2.45. The molecule has 1 aromatic carbocycles. The lowest BCUT2D eigenvalue weighted by Gasteiger charge is -2.51. The first-order valence-corrected chi connectivity index (χ1v) is 8.00. The lowest BCUT2D eigenvalue weighted by Crippen LogP contribution is -2.60. The maximum absolute atomic E-state index is 11.9. The summed E-state index contributed by atoms with van der Waals surface area (Å²) in [5, 5.41) is 12.4. The van der Waals surface area contributed by atoms with Gasteiger partial charge >= 0.3 is 12.1 Å². The molecule has 0 aromatic heterocycles. The van der Waals surface area contributed by atoms with E-state index in [1.165, 1.54) is 14.2 Å². The van der Waals surface area contributed by atoms with Gasteiger partial charge < -0.3 is 19.3 Å². The molecule has 0 unspecified atom stereocenters. The Morgan fingerprint density at radius 2 is 1.76 bits per heavy atom. The van der Waals surface area contributed by atoms with Crippen LogP contribution in [0.4, 0.5) is 10.5 Å². The summed E-state index contributed by atoms with van der Waals surface area (Å²) in [5.74, 6) is -1.85. The molecule has 25 heavy (non-hydrogen) atoms. The lowest BCUT2D eigenvalue weighted by molar-refractivity contribution is -0.277. The summed E-state index contributed by atoms with van der Waals surface area (Å²) in [6.07, 6.45) is -0.207. The van der Waals surface area contributed by atoms with Gasteiger partial charge in [-0.1, -0.05) is 12.1 Å². The Labute approximate surface area is 147 Å². The number of carbonyl (C=O) groups excluding carboxylic acids is 1. The molecule has 0 bridgehead atoms. The quantitative estimate of drug-likeness (QED) is 0.792. The third-order valence-electron chi connectivity index (χ3n) is 4.36. The van der Waals surface area contributed by atoms with Gasteiger partial charge in [0.15, 0.2) is 5.79 Å². The van der Waals surface area contributed by atoms with E-state index in [-0.39, 0.29) is 12.8 Å². The van der Waals surface area contributed by atoms with Gasteiger partial charge in [0.1, 0.15) is 11.0 Å². The van der Waals surface area contributed by atoms with Gasteiger partial charge in [-0.2, -0.15) is 0 Å².